The maximum atomic E-state index is 10.5. The van der Waals surface area contributed by atoms with Gasteiger partial charge >= 0.3 is 0 Å². The molecule has 1 aromatic rings. The van der Waals surface area contributed by atoms with E-state index in [-0.39, 0.29) is 24.8 Å². The topological polar surface area (TPSA) is 44.7 Å². The number of phenolic OH excluding ortho intramolecular Hbond substituents is 1. The zero-order valence-corrected chi connectivity index (χ0v) is 16.0. The Morgan fingerprint density at radius 1 is 1.12 bits per heavy atom. The van der Waals surface area contributed by atoms with Crippen LogP contribution >= 0.6 is 24.8 Å². The lowest BCUT2D eigenvalue weighted by atomic mass is 9.80. The second-order valence-corrected chi connectivity index (χ2v) is 6.55. The number of nitrogens with zero attached hydrogens (tertiary/aromatic N) is 1. The number of aromatic hydroxyl groups is 1. The minimum atomic E-state index is 0. The lowest BCUT2D eigenvalue weighted by Gasteiger charge is -2.41. The molecular formula is C18H30Cl2N2O2. The zero-order valence-electron chi connectivity index (χ0n) is 14.4. The van der Waals surface area contributed by atoms with Gasteiger partial charge in [0, 0.05) is 37.8 Å². The molecule has 1 aromatic carbocycles. The largest absolute Gasteiger partial charge is 0.508 e. The predicted octanol–water partition coefficient (Wildman–Crippen LogP) is 3.77. The predicted molar refractivity (Wildman–Crippen MR) is 103 cm³/mol. The highest BCUT2D eigenvalue weighted by Gasteiger charge is 2.32. The van der Waals surface area contributed by atoms with Crippen LogP contribution in [0.4, 0.5) is 0 Å². The summed E-state index contributed by atoms with van der Waals surface area (Å²) in [4.78, 5) is 2.56. The van der Waals surface area contributed by atoms with Crippen LogP contribution in [-0.2, 0) is 0 Å². The highest BCUT2D eigenvalue weighted by molar-refractivity contribution is 5.85. The first-order valence-corrected chi connectivity index (χ1v) is 8.61. The molecule has 1 saturated heterocycles. The van der Waals surface area contributed by atoms with Crippen LogP contribution in [0.25, 0.3) is 0 Å². The molecule has 1 heterocycles. The molecule has 0 unspecified atom stereocenters. The van der Waals surface area contributed by atoms with Gasteiger partial charge in [0.05, 0.1) is 7.11 Å². The SMILES string of the molecule is COc1ccc(O)c([C@H](C2CCCCC2)N2CCNCC2)c1.Cl.Cl. The maximum absolute atomic E-state index is 10.5. The van der Waals surface area contributed by atoms with E-state index in [1.165, 1.54) is 32.1 Å². The number of methoxy groups -OCH3 is 1. The highest BCUT2D eigenvalue weighted by Crippen LogP contribution is 2.42. The number of hydrogen-bond donors (Lipinski definition) is 2. The Labute approximate surface area is 157 Å². The molecule has 24 heavy (non-hydrogen) atoms. The smallest absolute Gasteiger partial charge is 0.120 e. The van der Waals surface area contributed by atoms with Crippen molar-refractivity contribution in [1.29, 1.82) is 0 Å². The molecule has 1 saturated carbocycles. The minimum absolute atomic E-state index is 0. The van der Waals surface area contributed by atoms with Crippen molar-refractivity contribution < 1.29 is 9.84 Å². The van der Waals surface area contributed by atoms with Gasteiger partial charge in [-0.1, -0.05) is 19.3 Å². The second kappa shape index (κ2) is 10.3. The third-order valence-corrected chi connectivity index (χ3v) is 5.19. The number of ether oxygens (including phenoxy) is 1. The Morgan fingerprint density at radius 3 is 2.42 bits per heavy atom. The van der Waals surface area contributed by atoms with Crippen LogP contribution in [0.15, 0.2) is 18.2 Å². The fourth-order valence-electron chi connectivity index (χ4n) is 4.06. The normalized spacial score (nSPS) is 20.5. The van der Waals surface area contributed by atoms with Gasteiger partial charge in [-0.05, 0) is 37.0 Å². The average Bonchev–Trinajstić information content (AvgIpc) is 2.59. The number of halogens is 2. The molecule has 2 N–H and O–H groups in total. The summed E-state index contributed by atoms with van der Waals surface area (Å²) in [5.74, 6) is 1.89. The molecule has 1 atom stereocenters. The first-order valence-electron chi connectivity index (χ1n) is 8.61. The molecule has 0 amide bonds. The number of phenols is 1. The van der Waals surface area contributed by atoms with E-state index in [1.54, 1.807) is 13.2 Å². The van der Waals surface area contributed by atoms with E-state index in [1.807, 2.05) is 12.1 Å². The van der Waals surface area contributed by atoms with Crippen molar-refractivity contribution in [2.75, 3.05) is 33.3 Å². The zero-order chi connectivity index (χ0) is 15.4. The molecule has 0 radical (unpaired) electrons. The molecule has 6 heteroatoms. The van der Waals surface area contributed by atoms with Crippen LogP contribution in [0.5, 0.6) is 11.5 Å². The van der Waals surface area contributed by atoms with Crippen molar-refractivity contribution in [1.82, 2.24) is 10.2 Å². The Hall–Kier alpha value is -0.680. The third kappa shape index (κ3) is 4.92. The van der Waals surface area contributed by atoms with Crippen LogP contribution in [0.2, 0.25) is 0 Å². The van der Waals surface area contributed by atoms with Crippen molar-refractivity contribution >= 4 is 24.8 Å². The summed E-state index contributed by atoms with van der Waals surface area (Å²) in [5.41, 5.74) is 1.05. The monoisotopic (exact) mass is 376 g/mol. The van der Waals surface area contributed by atoms with Crippen molar-refractivity contribution in [3.63, 3.8) is 0 Å². The van der Waals surface area contributed by atoms with E-state index in [0.29, 0.717) is 17.7 Å². The molecule has 0 spiro atoms. The molecular weight excluding hydrogens is 347 g/mol. The van der Waals surface area contributed by atoms with E-state index in [4.69, 9.17) is 4.74 Å². The van der Waals surface area contributed by atoms with Gasteiger partial charge in [-0.3, -0.25) is 4.90 Å². The molecule has 1 aliphatic heterocycles. The van der Waals surface area contributed by atoms with Gasteiger partial charge in [0.15, 0.2) is 0 Å². The summed E-state index contributed by atoms with van der Waals surface area (Å²) in [7, 11) is 1.69. The Balaban J connectivity index is 0.00000144. The van der Waals surface area contributed by atoms with Crippen LogP contribution in [0.3, 0.4) is 0 Å². The molecule has 4 nitrogen and oxygen atoms in total. The lowest BCUT2D eigenvalue weighted by molar-refractivity contribution is 0.101. The van der Waals surface area contributed by atoms with E-state index < -0.39 is 0 Å². The quantitative estimate of drug-likeness (QED) is 0.839. The first-order chi connectivity index (χ1) is 10.8. The molecule has 138 valence electrons. The number of rotatable bonds is 4. The standard InChI is InChI=1S/C18H28N2O2.2ClH/c1-22-15-7-8-17(21)16(13-15)18(14-5-3-2-4-6-14)20-11-9-19-10-12-20;;/h7-8,13-14,18-19,21H,2-6,9-12H2,1H3;2*1H/t18-;;/m0../s1. The summed E-state index contributed by atoms with van der Waals surface area (Å²) in [6.07, 6.45) is 6.53. The molecule has 2 fully saturated rings. The summed E-state index contributed by atoms with van der Waals surface area (Å²) in [5, 5.41) is 13.9. The fourth-order valence-corrected chi connectivity index (χ4v) is 4.06. The number of benzene rings is 1. The number of hydrogen-bond acceptors (Lipinski definition) is 4. The molecule has 0 bridgehead atoms. The van der Waals surface area contributed by atoms with Crippen LogP contribution in [0, 0.1) is 5.92 Å². The average molecular weight is 377 g/mol. The van der Waals surface area contributed by atoms with Crippen molar-refractivity contribution in [3.8, 4) is 11.5 Å². The molecule has 2 aliphatic rings. The van der Waals surface area contributed by atoms with Gasteiger partial charge < -0.3 is 15.2 Å². The van der Waals surface area contributed by atoms with Crippen LogP contribution in [-0.4, -0.2) is 43.3 Å². The third-order valence-electron chi connectivity index (χ3n) is 5.19. The van der Waals surface area contributed by atoms with Gasteiger partial charge in [0.25, 0.3) is 0 Å². The fraction of sp³-hybridized carbons (Fsp3) is 0.667. The highest BCUT2D eigenvalue weighted by atomic mass is 35.5. The summed E-state index contributed by atoms with van der Waals surface area (Å²) in [6, 6.07) is 5.98. The lowest BCUT2D eigenvalue weighted by Crippen LogP contribution is -2.47. The molecule has 3 rings (SSSR count). The van der Waals surface area contributed by atoms with Crippen molar-refractivity contribution in [2.24, 2.45) is 5.92 Å². The van der Waals surface area contributed by atoms with E-state index in [0.717, 1.165) is 37.5 Å². The van der Waals surface area contributed by atoms with E-state index >= 15 is 0 Å². The van der Waals surface area contributed by atoms with Gasteiger partial charge in [0.1, 0.15) is 11.5 Å². The Kier molecular flexibility index (Phi) is 9.21. The van der Waals surface area contributed by atoms with E-state index in [2.05, 4.69) is 10.2 Å². The minimum Gasteiger partial charge on any atom is -0.508 e. The van der Waals surface area contributed by atoms with Crippen molar-refractivity contribution in [3.05, 3.63) is 23.8 Å². The number of piperazine rings is 1. The summed E-state index contributed by atoms with van der Waals surface area (Å²) >= 11 is 0. The van der Waals surface area contributed by atoms with Crippen LogP contribution < -0.4 is 10.1 Å². The van der Waals surface area contributed by atoms with E-state index in [9.17, 15) is 5.11 Å². The molecule has 0 aromatic heterocycles. The first kappa shape index (κ1) is 21.4. The van der Waals surface area contributed by atoms with Crippen LogP contribution in [0.1, 0.15) is 43.7 Å². The summed E-state index contributed by atoms with van der Waals surface area (Å²) < 4.78 is 5.39. The second-order valence-electron chi connectivity index (χ2n) is 6.55. The van der Waals surface area contributed by atoms with Gasteiger partial charge in [0.2, 0.25) is 0 Å². The Bertz CT molecular complexity index is 472. The van der Waals surface area contributed by atoms with Crippen molar-refractivity contribution in [2.45, 2.75) is 38.1 Å². The number of nitrogens with one attached hydrogen (secondary N) is 1. The van der Waals surface area contributed by atoms with Gasteiger partial charge in [-0.25, -0.2) is 0 Å². The van der Waals surface area contributed by atoms with Gasteiger partial charge in [-0.15, -0.1) is 24.8 Å². The molecule has 1 aliphatic carbocycles. The summed E-state index contributed by atoms with van der Waals surface area (Å²) in [6.45, 7) is 4.18. The maximum Gasteiger partial charge on any atom is 0.120 e. The van der Waals surface area contributed by atoms with Gasteiger partial charge in [-0.2, -0.15) is 0 Å². The Morgan fingerprint density at radius 2 is 1.79 bits per heavy atom.